The topological polar surface area (TPSA) is 67.4 Å². The van der Waals surface area contributed by atoms with Gasteiger partial charge >= 0.3 is 0 Å². The van der Waals surface area contributed by atoms with Gasteiger partial charge < -0.3 is 10.1 Å². The molecule has 1 fully saturated rings. The summed E-state index contributed by atoms with van der Waals surface area (Å²) < 4.78 is 32.4. The largest absolute Gasteiger partial charge is 0.495 e. The van der Waals surface area contributed by atoms with Gasteiger partial charge in [-0.25, -0.2) is 8.42 Å². The van der Waals surface area contributed by atoms with Gasteiger partial charge in [0.05, 0.1) is 18.6 Å². The van der Waals surface area contributed by atoms with Crippen molar-refractivity contribution in [1.29, 1.82) is 0 Å². The van der Waals surface area contributed by atoms with Gasteiger partial charge in [0.1, 0.15) is 5.75 Å². The number of hydrogen-bond acceptors (Lipinski definition) is 4. The molecular formula is C14H21ClN2O3S. The van der Waals surface area contributed by atoms with E-state index in [4.69, 9.17) is 16.3 Å². The van der Waals surface area contributed by atoms with Gasteiger partial charge in [-0.05, 0) is 37.9 Å². The van der Waals surface area contributed by atoms with Gasteiger partial charge in [0.2, 0.25) is 10.0 Å². The van der Waals surface area contributed by atoms with Crippen molar-refractivity contribution in [3.05, 3.63) is 22.7 Å². The molecule has 1 aliphatic heterocycles. The lowest BCUT2D eigenvalue weighted by atomic mass is 10.1. The second-order valence-corrected chi connectivity index (χ2v) is 7.51. The molecule has 2 N–H and O–H groups in total. The molecule has 0 saturated carbocycles. The molecule has 1 aliphatic rings. The van der Waals surface area contributed by atoms with Crippen LogP contribution in [0.3, 0.4) is 0 Å². The summed E-state index contributed by atoms with van der Waals surface area (Å²) in [5.74, 6) is 0.489. The number of anilines is 1. The Kier molecular flexibility index (Phi) is 5.35. The normalized spacial score (nSPS) is 19.3. The predicted molar refractivity (Wildman–Crippen MR) is 85.8 cm³/mol. The quantitative estimate of drug-likeness (QED) is 0.869. The Labute approximate surface area is 131 Å². The van der Waals surface area contributed by atoms with Gasteiger partial charge in [0, 0.05) is 17.1 Å². The first-order chi connectivity index (χ1) is 9.91. The number of methoxy groups -OCH3 is 1. The number of aryl methyl sites for hydroxylation is 1. The van der Waals surface area contributed by atoms with Crippen LogP contribution in [0.4, 0.5) is 5.69 Å². The first kappa shape index (κ1) is 16.4. The maximum absolute atomic E-state index is 12.3. The van der Waals surface area contributed by atoms with Gasteiger partial charge in [-0.2, -0.15) is 0 Å². The Hall–Kier alpha value is -0.980. The van der Waals surface area contributed by atoms with Crippen molar-refractivity contribution < 1.29 is 13.2 Å². The van der Waals surface area contributed by atoms with E-state index in [2.05, 4.69) is 10.0 Å². The highest BCUT2D eigenvalue weighted by Crippen LogP contribution is 2.31. The van der Waals surface area contributed by atoms with E-state index in [1.165, 1.54) is 7.11 Å². The lowest BCUT2D eigenvalue weighted by molar-refractivity contribution is 0.416. The Balaban J connectivity index is 2.14. The van der Waals surface area contributed by atoms with Crippen molar-refractivity contribution >= 4 is 27.3 Å². The van der Waals surface area contributed by atoms with Crippen molar-refractivity contribution in [3.63, 3.8) is 0 Å². The van der Waals surface area contributed by atoms with E-state index in [-0.39, 0.29) is 11.8 Å². The zero-order valence-electron chi connectivity index (χ0n) is 12.3. The second kappa shape index (κ2) is 6.85. The molecule has 5 nitrogen and oxygen atoms in total. The average molecular weight is 333 g/mol. The second-order valence-electron chi connectivity index (χ2n) is 5.33. The maximum atomic E-state index is 12.3. The maximum Gasteiger partial charge on any atom is 0.234 e. The summed E-state index contributed by atoms with van der Waals surface area (Å²) in [6, 6.07) is 3.32. The van der Waals surface area contributed by atoms with Gasteiger partial charge in [0.25, 0.3) is 0 Å². The minimum Gasteiger partial charge on any atom is -0.495 e. The molecule has 118 valence electrons. The van der Waals surface area contributed by atoms with E-state index in [0.29, 0.717) is 16.5 Å². The summed E-state index contributed by atoms with van der Waals surface area (Å²) in [5.41, 5.74) is 1.22. The monoisotopic (exact) mass is 332 g/mol. The molecule has 0 bridgehead atoms. The Morgan fingerprint density at radius 2 is 2.19 bits per heavy atom. The van der Waals surface area contributed by atoms with E-state index >= 15 is 0 Å². The summed E-state index contributed by atoms with van der Waals surface area (Å²) in [6.45, 7) is 2.70. The molecule has 7 heteroatoms. The van der Waals surface area contributed by atoms with Crippen LogP contribution in [-0.2, 0) is 10.0 Å². The van der Waals surface area contributed by atoms with Crippen LogP contribution in [0.15, 0.2) is 12.1 Å². The lowest BCUT2D eigenvalue weighted by Crippen LogP contribution is -2.40. The molecule has 0 spiro atoms. The SMILES string of the molecule is COc1cc(Cl)c(C)cc1NS(=O)(=O)CC1CCCCN1. The molecule has 1 saturated heterocycles. The van der Waals surface area contributed by atoms with Crippen LogP contribution in [0.5, 0.6) is 5.75 Å². The number of rotatable bonds is 5. The molecule has 2 rings (SSSR count). The fourth-order valence-corrected chi connectivity index (χ4v) is 4.00. The van der Waals surface area contributed by atoms with E-state index in [0.717, 1.165) is 31.4 Å². The number of nitrogens with one attached hydrogen (secondary N) is 2. The highest BCUT2D eigenvalue weighted by atomic mass is 35.5. The van der Waals surface area contributed by atoms with Crippen molar-refractivity contribution in [1.82, 2.24) is 5.32 Å². The van der Waals surface area contributed by atoms with Crippen molar-refractivity contribution in [2.24, 2.45) is 0 Å². The van der Waals surface area contributed by atoms with Gasteiger partial charge in [-0.15, -0.1) is 0 Å². The van der Waals surface area contributed by atoms with Crippen LogP contribution < -0.4 is 14.8 Å². The van der Waals surface area contributed by atoms with Crippen molar-refractivity contribution in [2.75, 3.05) is 24.1 Å². The molecule has 1 aromatic rings. The Morgan fingerprint density at radius 1 is 1.43 bits per heavy atom. The summed E-state index contributed by atoms with van der Waals surface area (Å²) in [5, 5.41) is 3.78. The summed E-state index contributed by atoms with van der Waals surface area (Å²) in [7, 11) is -1.94. The van der Waals surface area contributed by atoms with Gasteiger partial charge in [-0.3, -0.25) is 4.72 Å². The van der Waals surface area contributed by atoms with Crippen LogP contribution >= 0.6 is 11.6 Å². The predicted octanol–water partition coefficient (Wildman–Crippen LogP) is 2.54. The lowest BCUT2D eigenvalue weighted by Gasteiger charge is -2.23. The number of sulfonamides is 1. The number of benzene rings is 1. The fourth-order valence-electron chi connectivity index (χ4n) is 2.45. The molecule has 0 radical (unpaired) electrons. The highest BCUT2D eigenvalue weighted by molar-refractivity contribution is 7.92. The fraction of sp³-hybridized carbons (Fsp3) is 0.571. The van der Waals surface area contributed by atoms with E-state index in [1.807, 2.05) is 6.92 Å². The summed E-state index contributed by atoms with van der Waals surface area (Å²) >= 11 is 6.02. The van der Waals surface area contributed by atoms with E-state index in [9.17, 15) is 8.42 Å². The number of hydrogen-bond donors (Lipinski definition) is 2. The average Bonchev–Trinajstić information content (AvgIpc) is 2.42. The number of ether oxygens (including phenoxy) is 1. The third-order valence-electron chi connectivity index (χ3n) is 3.58. The standard InChI is InChI=1S/C14H21ClN2O3S/c1-10-7-13(14(20-2)8-12(10)15)17-21(18,19)9-11-5-3-4-6-16-11/h7-8,11,16-17H,3-6,9H2,1-2H3. The molecule has 1 heterocycles. The smallest absolute Gasteiger partial charge is 0.234 e. The molecule has 0 aromatic heterocycles. The van der Waals surface area contributed by atoms with E-state index < -0.39 is 10.0 Å². The molecule has 1 atom stereocenters. The molecule has 0 aliphatic carbocycles. The minimum absolute atomic E-state index is 0.00985. The zero-order valence-corrected chi connectivity index (χ0v) is 13.9. The third-order valence-corrected chi connectivity index (χ3v) is 5.36. The van der Waals surface area contributed by atoms with Crippen LogP contribution in [-0.4, -0.2) is 33.9 Å². The van der Waals surface area contributed by atoms with Crippen molar-refractivity contribution in [3.8, 4) is 5.75 Å². The van der Waals surface area contributed by atoms with Crippen LogP contribution in [0.2, 0.25) is 5.02 Å². The Morgan fingerprint density at radius 3 is 2.81 bits per heavy atom. The minimum atomic E-state index is -3.43. The van der Waals surface area contributed by atoms with Crippen LogP contribution in [0, 0.1) is 6.92 Å². The van der Waals surface area contributed by atoms with E-state index in [1.54, 1.807) is 12.1 Å². The zero-order chi connectivity index (χ0) is 15.5. The number of halogens is 1. The first-order valence-electron chi connectivity index (χ1n) is 6.99. The Bertz CT molecular complexity index is 598. The molecule has 0 amide bonds. The molecule has 21 heavy (non-hydrogen) atoms. The summed E-state index contributed by atoms with van der Waals surface area (Å²) in [4.78, 5) is 0. The van der Waals surface area contributed by atoms with Crippen LogP contribution in [0.1, 0.15) is 24.8 Å². The van der Waals surface area contributed by atoms with Gasteiger partial charge in [0.15, 0.2) is 0 Å². The molecule has 1 aromatic carbocycles. The van der Waals surface area contributed by atoms with Crippen LogP contribution in [0.25, 0.3) is 0 Å². The number of piperidine rings is 1. The van der Waals surface area contributed by atoms with Gasteiger partial charge in [-0.1, -0.05) is 18.0 Å². The van der Waals surface area contributed by atoms with Crippen molar-refractivity contribution in [2.45, 2.75) is 32.2 Å². The molecular weight excluding hydrogens is 312 g/mol. The highest BCUT2D eigenvalue weighted by Gasteiger charge is 2.22. The summed E-state index contributed by atoms with van der Waals surface area (Å²) in [6.07, 6.45) is 3.06. The molecule has 1 unspecified atom stereocenters. The third kappa shape index (κ3) is 4.49. The first-order valence-corrected chi connectivity index (χ1v) is 9.02.